The number of amides is 1. The highest BCUT2D eigenvalue weighted by Gasteiger charge is 2.48. The molecular weight excluding hydrogens is 441 g/mol. The van der Waals surface area contributed by atoms with Gasteiger partial charge in [-0.25, -0.2) is 4.39 Å². The molecule has 1 atom stereocenters. The number of Topliss-reactive ketones (excluding diaryl/α,β-unsaturated/α-hetero) is 1. The van der Waals surface area contributed by atoms with Crippen molar-refractivity contribution in [2.24, 2.45) is 5.92 Å². The van der Waals surface area contributed by atoms with E-state index in [-0.39, 0.29) is 17.0 Å². The summed E-state index contributed by atoms with van der Waals surface area (Å²) in [5.41, 5.74) is 1.46. The fourth-order valence-corrected chi connectivity index (χ4v) is 4.81. The van der Waals surface area contributed by atoms with Gasteiger partial charge >= 0.3 is 0 Å². The van der Waals surface area contributed by atoms with Crippen LogP contribution in [0.1, 0.15) is 35.9 Å². The number of ether oxygens (including phenoxy) is 1. The number of aliphatic hydroxyl groups is 1. The van der Waals surface area contributed by atoms with Gasteiger partial charge in [-0.15, -0.1) is 11.3 Å². The number of aryl methyl sites for hydroxylation is 1. The zero-order chi connectivity index (χ0) is 23.7. The van der Waals surface area contributed by atoms with E-state index in [4.69, 9.17) is 4.74 Å². The molecule has 1 unspecified atom stereocenters. The quantitative estimate of drug-likeness (QED) is 0.281. The van der Waals surface area contributed by atoms with E-state index in [1.807, 2.05) is 32.2 Å². The lowest BCUT2D eigenvalue weighted by molar-refractivity contribution is -0.132. The minimum absolute atomic E-state index is 0.0316. The predicted molar refractivity (Wildman–Crippen MR) is 127 cm³/mol. The number of rotatable bonds is 6. The summed E-state index contributed by atoms with van der Waals surface area (Å²) in [6.07, 6.45) is 0. The van der Waals surface area contributed by atoms with Crippen molar-refractivity contribution in [2.75, 3.05) is 11.5 Å². The molecular formula is C26H24FNO4S. The van der Waals surface area contributed by atoms with E-state index >= 15 is 0 Å². The van der Waals surface area contributed by atoms with Crippen LogP contribution in [-0.4, -0.2) is 23.4 Å². The lowest BCUT2D eigenvalue weighted by atomic mass is 9.98. The van der Waals surface area contributed by atoms with E-state index in [0.717, 1.165) is 10.4 Å². The summed E-state index contributed by atoms with van der Waals surface area (Å²) in [5.74, 6) is -1.57. The Morgan fingerprint density at radius 2 is 1.91 bits per heavy atom. The van der Waals surface area contributed by atoms with E-state index in [9.17, 15) is 19.1 Å². The zero-order valence-electron chi connectivity index (χ0n) is 18.5. The normalized spacial score (nSPS) is 17.7. The van der Waals surface area contributed by atoms with Crippen molar-refractivity contribution in [3.63, 3.8) is 0 Å². The number of hydrogen-bond donors (Lipinski definition) is 1. The van der Waals surface area contributed by atoms with Crippen molar-refractivity contribution in [1.29, 1.82) is 0 Å². The Bertz CT molecular complexity index is 1250. The standard InChI is InChI=1S/C26H24FNO4S/c1-15(2)14-32-20-9-4-6-17(12-20)23(29)21-22(25-16(3)10-11-33-25)28(26(31)24(21)30)19-8-5-7-18(27)13-19/h4-13,15,22,29H,14H2,1-3H3/b23-21-. The maximum atomic E-state index is 14.0. The summed E-state index contributed by atoms with van der Waals surface area (Å²) < 4.78 is 19.7. The van der Waals surface area contributed by atoms with Gasteiger partial charge < -0.3 is 9.84 Å². The summed E-state index contributed by atoms with van der Waals surface area (Å²) >= 11 is 1.37. The second-order valence-electron chi connectivity index (χ2n) is 8.35. The minimum atomic E-state index is -0.868. The maximum absolute atomic E-state index is 14.0. The van der Waals surface area contributed by atoms with Gasteiger partial charge in [0.15, 0.2) is 0 Å². The Kier molecular flexibility index (Phi) is 6.33. The molecule has 1 aliphatic heterocycles. The van der Waals surface area contributed by atoms with Crippen LogP contribution in [-0.2, 0) is 9.59 Å². The topological polar surface area (TPSA) is 66.8 Å². The highest BCUT2D eigenvalue weighted by Crippen LogP contribution is 2.45. The van der Waals surface area contributed by atoms with Gasteiger partial charge in [-0.3, -0.25) is 14.5 Å². The van der Waals surface area contributed by atoms with Gasteiger partial charge in [-0.2, -0.15) is 0 Å². The first-order valence-electron chi connectivity index (χ1n) is 10.6. The molecule has 7 heteroatoms. The van der Waals surface area contributed by atoms with Crippen molar-refractivity contribution in [1.82, 2.24) is 0 Å². The Balaban J connectivity index is 1.86. The fourth-order valence-electron chi connectivity index (χ4n) is 3.79. The van der Waals surface area contributed by atoms with Crippen LogP contribution in [0.4, 0.5) is 10.1 Å². The predicted octanol–water partition coefficient (Wildman–Crippen LogP) is 5.86. The molecule has 0 saturated carbocycles. The number of benzene rings is 2. The van der Waals surface area contributed by atoms with Crippen molar-refractivity contribution in [3.8, 4) is 5.75 Å². The molecule has 0 radical (unpaired) electrons. The summed E-state index contributed by atoms with van der Waals surface area (Å²) in [5, 5.41) is 13.1. The molecule has 3 aromatic rings. The van der Waals surface area contributed by atoms with E-state index in [2.05, 4.69) is 0 Å². The smallest absolute Gasteiger partial charge is 0.300 e. The first kappa shape index (κ1) is 22.7. The molecule has 1 fully saturated rings. The average molecular weight is 466 g/mol. The van der Waals surface area contributed by atoms with Crippen molar-refractivity contribution < 1.29 is 23.8 Å². The molecule has 4 rings (SSSR count). The Hall–Kier alpha value is -3.45. The lowest BCUT2D eigenvalue weighted by Gasteiger charge is -2.25. The third kappa shape index (κ3) is 4.41. The van der Waals surface area contributed by atoms with Crippen LogP contribution < -0.4 is 9.64 Å². The molecule has 5 nitrogen and oxygen atoms in total. The molecule has 2 heterocycles. The SMILES string of the molecule is Cc1ccsc1C1/C(=C(/O)c2cccc(OCC(C)C)c2)C(=O)C(=O)N1c1cccc(F)c1. The van der Waals surface area contributed by atoms with Crippen LogP contribution in [0.25, 0.3) is 5.76 Å². The highest BCUT2D eigenvalue weighted by molar-refractivity contribution is 7.10. The monoisotopic (exact) mass is 465 g/mol. The van der Waals surface area contributed by atoms with Crippen LogP contribution in [0.3, 0.4) is 0 Å². The zero-order valence-corrected chi connectivity index (χ0v) is 19.4. The Morgan fingerprint density at radius 3 is 2.58 bits per heavy atom. The molecule has 2 aromatic carbocycles. The van der Waals surface area contributed by atoms with Crippen molar-refractivity contribution >= 4 is 34.5 Å². The molecule has 1 aliphatic rings. The Morgan fingerprint density at radius 1 is 1.15 bits per heavy atom. The molecule has 0 bridgehead atoms. The van der Waals surface area contributed by atoms with E-state index in [1.165, 1.54) is 34.4 Å². The van der Waals surface area contributed by atoms with E-state index < -0.39 is 23.5 Å². The average Bonchev–Trinajstić information content (AvgIpc) is 3.32. The molecule has 1 amide bonds. The van der Waals surface area contributed by atoms with Gasteiger partial charge in [0.25, 0.3) is 11.7 Å². The van der Waals surface area contributed by atoms with Gasteiger partial charge in [0.05, 0.1) is 12.2 Å². The summed E-state index contributed by atoms with van der Waals surface area (Å²) in [6, 6.07) is 13.3. The van der Waals surface area contributed by atoms with E-state index in [1.54, 1.807) is 30.3 Å². The maximum Gasteiger partial charge on any atom is 0.300 e. The summed E-state index contributed by atoms with van der Waals surface area (Å²) in [6.45, 7) is 6.43. The number of carbonyl (C=O) groups excluding carboxylic acids is 2. The van der Waals surface area contributed by atoms with Crippen molar-refractivity contribution in [3.05, 3.63) is 87.4 Å². The largest absolute Gasteiger partial charge is 0.507 e. The van der Waals surface area contributed by atoms with Gasteiger partial charge in [0.2, 0.25) is 0 Å². The summed E-state index contributed by atoms with van der Waals surface area (Å²) in [4.78, 5) is 28.3. The number of aliphatic hydroxyl groups excluding tert-OH is 1. The summed E-state index contributed by atoms with van der Waals surface area (Å²) in [7, 11) is 0. The molecule has 170 valence electrons. The number of halogens is 1. The van der Waals surface area contributed by atoms with Crippen LogP contribution in [0.15, 0.2) is 65.6 Å². The van der Waals surface area contributed by atoms with E-state index in [0.29, 0.717) is 23.8 Å². The highest BCUT2D eigenvalue weighted by atomic mass is 32.1. The second kappa shape index (κ2) is 9.19. The molecule has 1 saturated heterocycles. The van der Waals surface area contributed by atoms with Crippen LogP contribution in [0.5, 0.6) is 5.75 Å². The van der Waals surface area contributed by atoms with Crippen LogP contribution >= 0.6 is 11.3 Å². The number of carbonyl (C=O) groups is 2. The van der Waals surface area contributed by atoms with Crippen LogP contribution in [0.2, 0.25) is 0 Å². The number of anilines is 1. The van der Waals surface area contributed by atoms with Gasteiger partial charge in [-0.05, 0) is 60.2 Å². The van der Waals surface area contributed by atoms with Gasteiger partial charge in [-0.1, -0.05) is 32.0 Å². The van der Waals surface area contributed by atoms with Gasteiger partial charge in [0, 0.05) is 16.1 Å². The first-order valence-corrected chi connectivity index (χ1v) is 11.5. The molecule has 1 N–H and O–H groups in total. The third-order valence-corrected chi connectivity index (χ3v) is 6.44. The minimum Gasteiger partial charge on any atom is -0.507 e. The third-order valence-electron chi connectivity index (χ3n) is 5.37. The fraction of sp³-hybridized carbons (Fsp3) is 0.231. The molecule has 1 aromatic heterocycles. The van der Waals surface area contributed by atoms with Crippen LogP contribution in [0, 0.1) is 18.7 Å². The number of thiophene rings is 1. The lowest BCUT2D eigenvalue weighted by Crippen LogP contribution is -2.29. The number of ketones is 1. The van der Waals surface area contributed by atoms with Gasteiger partial charge in [0.1, 0.15) is 23.4 Å². The number of nitrogens with zero attached hydrogens (tertiary/aromatic N) is 1. The number of hydrogen-bond acceptors (Lipinski definition) is 5. The van der Waals surface area contributed by atoms with Crippen molar-refractivity contribution in [2.45, 2.75) is 26.8 Å². The molecule has 33 heavy (non-hydrogen) atoms. The molecule has 0 aliphatic carbocycles. The first-order chi connectivity index (χ1) is 15.8. The molecule has 0 spiro atoms. The second-order valence-corrected chi connectivity index (χ2v) is 9.30. The Labute approximate surface area is 195 Å².